The number of para-hydroxylation sites is 1. The lowest BCUT2D eigenvalue weighted by Crippen LogP contribution is -2.31. The van der Waals surface area contributed by atoms with Crippen molar-refractivity contribution >= 4 is 24.7 Å². The van der Waals surface area contributed by atoms with Gasteiger partial charge in [-0.25, -0.2) is 0 Å². The van der Waals surface area contributed by atoms with Gasteiger partial charge in [0.15, 0.2) is 0 Å². The zero-order valence-corrected chi connectivity index (χ0v) is 13.6. The molecule has 0 unspecified atom stereocenters. The van der Waals surface area contributed by atoms with E-state index < -0.39 is 0 Å². The lowest BCUT2D eigenvalue weighted by atomic mass is 9.68. The van der Waals surface area contributed by atoms with E-state index in [2.05, 4.69) is 68.5 Å². The molecule has 1 heterocycles. The van der Waals surface area contributed by atoms with Crippen LogP contribution >= 0.6 is 11.8 Å². The van der Waals surface area contributed by atoms with E-state index in [1.165, 1.54) is 39.2 Å². The molecular formula is C18H21BNS. The molecule has 0 aliphatic carbocycles. The maximum absolute atomic E-state index is 2.52. The highest BCUT2D eigenvalue weighted by atomic mass is 32.2. The molecule has 1 saturated heterocycles. The van der Waals surface area contributed by atoms with Crippen LogP contribution in [0, 0.1) is 13.8 Å². The van der Waals surface area contributed by atoms with Crippen LogP contribution in [0.4, 0.5) is 5.69 Å². The van der Waals surface area contributed by atoms with Crippen LogP contribution in [-0.2, 0) is 0 Å². The molecule has 1 aliphatic rings. The van der Waals surface area contributed by atoms with Crippen molar-refractivity contribution in [2.75, 3.05) is 18.0 Å². The van der Waals surface area contributed by atoms with Crippen LogP contribution in [0.25, 0.3) is 0 Å². The summed E-state index contributed by atoms with van der Waals surface area (Å²) in [6.45, 7) is 6.64. The maximum Gasteiger partial charge on any atom is 0.114 e. The van der Waals surface area contributed by atoms with E-state index in [1.807, 2.05) is 11.8 Å². The summed E-state index contributed by atoms with van der Waals surface area (Å²) < 4.78 is 0. The molecule has 1 fully saturated rings. The second-order valence-corrected chi connectivity index (χ2v) is 6.78. The zero-order valence-electron chi connectivity index (χ0n) is 12.8. The quantitative estimate of drug-likeness (QED) is 0.747. The van der Waals surface area contributed by atoms with Crippen LogP contribution in [0.3, 0.4) is 0 Å². The molecule has 2 aromatic carbocycles. The van der Waals surface area contributed by atoms with E-state index in [9.17, 15) is 0 Å². The third-order valence-corrected chi connectivity index (χ3v) is 5.21. The van der Waals surface area contributed by atoms with E-state index in [0.29, 0.717) is 0 Å². The van der Waals surface area contributed by atoms with Crippen LogP contribution in [0.2, 0.25) is 12.6 Å². The van der Waals surface area contributed by atoms with Gasteiger partial charge in [-0.05, 0) is 37.6 Å². The first-order valence-electron chi connectivity index (χ1n) is 7.65. The standard InChI is InChI=1S/C18H21BNS/c1-14-7-8-17(15(2)13-14)21-18-6-4-3-5-16(18)20-11-9-19-10-12-20/h3-8,13H,9-12H2,1-2H3. The Kier molecular flexibility index (Phi) is 4.59. The summed E-state index contributed by atoms with van der Waals surface area (Å²) in [6.07, 6.45) is 2.39. The van der Waals surface area contributed by atoms with Gasteiger partial charge in [0.1, 0.15) is 7.28 Å². The fraction of sp³-hybridized carbons (Fsp3) is 0.333. The van der Waals surface area contributed by atoms with Gasteiger partial charge in [-0.2, -0.15) is 0 Å². The van der Waals surface area contributed by atoms with Gasteiger partial charge in [0.05, 0.1) is 5.69 Å². The molecule has 1 nitrogen and oxygen atoms in total. The van der Waals surface area contributed by atoms with Gasteiger partial charge in [0.25, 0.3) is 0 Å². The highest BCUT2D eigenvalue weighted by Crippen LogP contribution is 2.37. The topological polar surface area (TPSA) is 3.24 Å². The fourth-order valence-corrected chi connectivity index (χ4v) is 3.87. The van der Waals surface area contributed by atoms with Crippen molar-refractivity contribution in [3.63, 3.8) is 0 Å². The number of anilines is 1. The maximum atomic E-state index is 2.52. The minimum absolute atomic E-state index is 1.14. The summed E-state index contributed by atoms with van der Waals surface area (Å²) in [5, 5.41) is 0. The van der Waals surface area contributed by atoms with Crippen molar-refractivity contribution in [1.82, 2.24) is 0 Å². The van der Waals surface area contributed by atoms with Gasteiger partial charge in [0.2, 0.25) is 0 Å². The van der Waals surface area contributed by atoms with Gasteiger partial charge in [-0.15, -0.1) is 0 Å². The number of hydrogen-bond donors (Lipinski definition) is 0. The largest absolute Gasteiger partial charge is 0.372 e. The Balaban J connectivity index is 1.88. The summed E-state index contributed by atoms with van der Waals surface area (Å²) in [6, 6.07) is 15.5. The monoisotopic (exact) mass is 294 g/mol. The second kappa shape index (κ2) is 6.61. The summed E-state index contributed by atoms with van der Waals surface area (Å²) in [7, 11) is 2.40. The van der Waals surface area contributed by atoms with Crippen LogP contribution in [-0.4, -0.2) is 20.4 Å². The van der Waals surface area contributed by atoms with Gasteiger partial charge in [-0.3, -0.25) is 0 Å². The molecule has 0 aromatic heterocycles. The number of rotatable bonds is 3. The first-order valence-corrected chi connectivity index (χ1v) is 8.46. The number of benzene rings is 2. The van der Waals surface area contributed by atoms with Crippen LogP contribution in [0.1, 0.15) is 11.1 Å². The summed E-state index contributed by atoms with van der Waals surface area (Å²) >= 11 is 1.89. The molecule has 1 radical (unpaired) electrons. The molecule has 0 saturated carbocycles. The van der Waals surface area contributed by atoms with Crippen molar-refractivity contribution < 1.29 is 0 Å². The third kappa shape index (κ3) is 3.46. The molecule has 0 amide bonds. The van der Waals surface area contributed by atoms with Gasteiger partial charge in [-0.1, -0.05) is 54.2 Å². The summed E-state index contributed by atoms with van der Waals surface area (Å²) in [5.74, 6) is 0. The van der Waals surface area contributed by atoms with Gasteiger partial charge >= 0.3 is 0 Å². The summed E-state index contributed by atoms with van der Waals surface area (Å²) in [4.78, 5) is 5.24. The van der Waals surface area contributed by atoms with Crippen molar-refractivity contribution in [2.45, 2.75) is 36.3 Å². The fourth-order valence-electron chi connectivity index (χ4n) is 2.83. The van der Waals surface area contributed by atoms with Gasteiger partial charge in [0, 0.05) is 22.9 Å². The average molecular weight is 294 g/mol. The molecule has 107 valence electrons. The molecule has 1 aliphatic heterocycles. The van der Waals surface area contributed by atoms with Gasteiger partial charge < -0.3 is 4.90 Å². The normalized spacial score (nSPS) is 14.9. The van der Waals surface area contributed by atoms with E-state index in [0.717, 1.165) is 13.1 Å². The molecule has 0 bridgehead atoms. The highest BCUT2D eigenvalue weighted by molar-refractivity contribution is 7.99. The van der Waals surface area contributed by atoms with E-state index in [4.69, 9.17) is 0 Å². The predicted molar refractivity (Wildman–Crippen MR) is 94.1 cm³/mol. The van der Waals surface area contributed by atoms with E-state index in [-0.39, 0.29) is 0 Å². The first-order chi connectivity index (χ1) is 10.2. The molecule has 3 heteroatoms. The van der Waals surface area contributed by atoms with E-state index >= 15 is 0 Å². The lowest BCUT2D eigenvalue weighted by molar-refractivity contribution is 0.819. The van der Waals surface area contributed by atoms with Crippen molar-refractivity contribution in [3.8, 4) is 0 Å². The van der Waals surface area contributed by atoms with Crippen LogP contribution in [0.15, 0.2) is 52.3 Å². The first kappa shape index (κ1) is 14.6. The van der Waals surface area contributed by atoms with Crippen molar-refractivity contribution in [1.29, 1.82) is 0 Å². The Morgan fingerprint density at radius 3 is 2.48 bits per heavy atom. The third-order valence-electron chi connectivity index (χ3n) is 3.96. The molecule has 0 atom stereocenters. The lowest BCUT2D eigenvalue weighted by Gasteiger charge is -2.30. The van der Waals surface area contributed by atoms with Crippen molar-refractivity contribution in [3.05, 3.63) is 53.6 Å². The molecule has 21 heavy (non-hydrogen) atoms. The van der Waals surface area contributed by atoms with Crippen LogP contribution in [0.5, 0.6) is 0 Å². The predicted octanol–water partition coefficient (Wildman–Crippen LogP) is 4.82. The molecular weight excluding hydrogens is 273 g/mol. The number of aryl methyl sites for hydroxylation is 2. The minimum atomic E-state index is 1.14. The minimum Gasteiger partial charge on any atom is -0.372 e. The Bertz CT molecular complexity index is 620. The zero-order chi connectivity index (χ0) is 14.7. The Morgan fingerprint density at radius 2 is 1.71 bits per heavy atom. The summed E-state index contributed by atoms with van der Waals surface area (Å²) in [5.41, 5.74) is 4.08. The SMILES string of the molecule is Cc1ccc(Sc2ccccc2N2CC[B]CC2)c(C)c1. The Morgan fingerprint density at radius 1 is 0.952 bits per heavy atom. The highest BCUT2D eigenvalue weighted by Gasteiger charge is 2.15. The average Bonchev–Trinajstić information content (AvgIpc) is 2.51. The molecule has 2 aromatic rings. The second-order valence-electron chi connectivity index (χ2n) is 5.69. The smallest absolute Gasteiger partial charge is 0.114 e. The Hall–Kier alpha value is -1.35. The van der Waals surface area contributed by atoms with Crippen LogP contribution < -0.4 is 4.90 Å². The van der Waals surface area contributed by atoms with Crippen molar-refractivity contribution in [2.24, 2.45) is 0 Å². The molecule has 0 N–H and O–H groups in total. The number of hydrogen-bond acceptors (Lipinski definition) is 2. The Labute approximate surface area is 133 Å². The molecule has 3 rings (SSSR count). The molecule has 0 spiro atoms. The number of nitrogens with zero attached hydrogens (tertiary/aromatic N) is 1. The van der Waals surface area contributed by atoms with E-state index in [1.54, 1.807) is 0 Å².